The number of ether oxygens (including phenoxy) is 2. The van der Waals surface area contributed by atoms with Gasteiger partial charge in [0.2, 0.25) is 5.91 Å². The van der Waals surface area contributed by atoms with Crippen LogP contribution in [0.1, 0.15) is 0 Å². The molecule has 1 heterocycles. The molecule has 0 bridgehead atoms. The van der Waals surface area contributed by atoms with E-state index in [0.29, 0.717) is 41.8 Å². The van der Waals surface area contributed by atoms with Crippen molar-refractivity contribution < 1.29 is 14.3 Å². The Morgan fingerprint density at radius 1 is 1.41 bits per heavy atom. The lowest BCUT2D eigenvalue weighted by Crippen LogP contribution is -2.18. The molecule has 0 spiro atoms. The van der Waals surface area contributed by atoms with Crippen LogP contribution in [-0.2, 0) is 4.79 Å². The molecule has 17 heavy (non-hydrogen) atoms. The summed E-state index contributed by atoms with van der Waals surface area (Å²) in [4.78, 5) is 11.5. The first-order valence-electron chi connectivity index (χ1n) is 5.18. The highest BCUT2D eigenvalue weighted by Gasteiger charge is 2.15. The fourth-order valence-electron chi connectivity index (χ4n) is 1.53. The van der Waals surface area contributed by atoms with Gasteiger partial charge in [0.05, 0.1) is 17.1 Å². The molecular weight excluding hydrogens is 240 g/mol. The number of fused-ring (bicyclic) bond motifs is 1. The van der Waals surface area contributed by atoms with E-state index in [4.69, 9.17) is 15.2 Å². The summed E-state index contributed by atoms with van der Waals surface area (Å²) in [5, 5.41) is 2.74. The second-order valence-electron chi connectivity index (χ2n) is 3.56. The van der Waals surface area contributed by atoms with Crippen LogP contribution in [-0.4, -0.2) is 31.1 Å². The van der Waals surface area contributed by atoms with Gasteiger partial charge in [-0.15, -0.1) is 0 Å². The van der Waals surface area contributed by atoms with E-state index in [1.807, 2.05) is 6.26 Å². The number of nitrogens with one attached hydrogen (secondary N) is 1. The standard InChI is InChI=1S/C11H14N2O3S/c1-17-6-11(14)13-8-5-10-9(4-7(8)12)15-2-3-16-10/h4-5H,2-3,6,12H2,1H3,(H,13,14). The van der Waals surface area contributed by atoms with Gasteiger partial charge in [-0.2, -0.15) is 11.8 Å². The van der Waals surface area contributed by atoms with E-state index in [9.17, 15) is 4.79 Å². The summed E-state index contributed by atoms with van der Waals surface area (Å²) < 4.78 is 10.8. The third-order valence-corrected chi connectivity index (χ3v) is 2.81. The molecule has 0 radical (unpaired) electrons. The predicted octanol–water partition coefficient (Wildman–Crippen LogP) is 1.34. The van der Waals surface area contributed by atoms with E-state index in [1.54, 1.807) is 12.1 Å². The van der Waals surface area contributed by atoms with Gasteiger partial charge in [0.15, 0.2) is 11.5 Å². The molecule has 0 unspecified atom stereocenters. The van der Waals surface area contributed by atoms with E-state index in [2.05, 4.69) is 5.32 Å². The Bertz CT molecular complexity index is 437. The van der Waals surface area contributed by atoms with Gasteiger partial charge in [-0.05, 0) is 6.26 Å². The molecule has 1 aliphatic rings. The molecule has 1 aromatic carbocycles. The van der Waals surface area contributed by atoms with Crippen LogP contribution in [0.5, 0.6) is 11.5 Å². The monoisotopic (exact) mass is 254 g/mol. The largest absolute Gasteiger partial charge is 0.486 e. The van der Waals surface area contributed by atoms with Crippen molar-refractivity contribution in [1.82, 2.24) is 0 Å². The normalized spacial score (nSPS) is 13.2. The molecule has 0 saturated heterocycles. The smallest absolute Gasteiger partial charge is 0.234 e. The maximum Gasteiger partial charge on any atom is 0.234 e. The molecule has 92 valence electrons. The Balaban J connectivity index is 2.19. The zero-order valence-corrected chi connectivity index (χ0v) is 10.3. The molecule has 0 aliphatic carbocycles. The highest BCUT2D eigenvalue weighted by molar-refractivity contribution is 7.99. The van der Waals surface area contributed by atoms with Crippen molar-refractivity contribution in [3.05, 3.63) is 12.1 Å². The van der Waals surface area contributed by atoms with Crippen molar-refractivity contribution in [3.63, 3.8) is 0 Å². The van der Waals surface area contributed by atoms with E-state index in [-0.39, 0.29) is 5.91 Å². The lowest BCUT2D eigenvalue weighted by Gasteiger charge is -2.20. The van der Waals surface area contributed by atoms with Gasteiger partial charge in [-0.25, -0.2) is 0 Å². The summed E-state index contributed by atoms with van der Waals surface area (Å²) in [5.74, 6) is 1.55. The van der Waals surface area contributed by atoms with Gasteiger partial charge in [-0.3, -0.25) is 4.79 Å². The molecule has 0 saturated carbocycles. The Morgan fingerprint density at radius 2 is 2.06 bits per heavy atom. The van der Waals surface area contributed by atoms with Gasteiger partial charge in [0, 0.05) is 12.1 Å². The fourth-order valence-corrected chi connectivity index (χ4v) is 1.86. The number of carbonyl (C=O) groups excluding carboxylic acids is 1. The second-order valence-corrected chi connectivity index (χ2v) is 4.43. The number of hydrogen-bond donors (Lipinski definition) is 2. The van der Waals surface area contributed by atoms with Crippen LogP contribution < -0.4 is 20.5 Å². The number of hydrogen-bond acceptors (Lipinski definition) is 5. The molecular formula is C11H14N2O3S. The minimum atomic E-state index is -0.0825. The van der Waals surface area contributed by atoms with Crippen LogP contribution in [0.3, 0.4) is 0 Å². The molecule has 2 rings (SSSR count). The number of benzene rings is 1. The first-order chi connectivity index (χ1) is 8.20. The van der Waals surface area contributed by atoms with Crippen LogP contribution in [0, 0.1) is 0 Å². The van der Waals surface area contributed by atoms with Crippen LogP contribution in [0.25, 0.3) is 0 Å². The first kappa shape index (κ1) is 11.9. The van der Waals surface area contributed by atoms with Crippen LogP contribution in [0.15, 0.2) is 12.1 Å². The van der Waals surface area contributed by atoms with Crippen LogP contribution in [0.2, 0.25) is 0 Å². The maximum absolute atomic E-state index is 11.5. The molecule has 0 atom stereocenters. The molecule has 0 fully saturated rings. The maximum atomic E-state index is 11.5. The number of nitrogen functional groups attached to an aromatic ring is 1. The number of nitrogens with two attached hydrogens (primary N) is 1. The summed E-state index contributed by atoms with van der Waals surface area (Å²) in [5.41, 5.74) is 6.87. The highest BCUT2D eigenvalue weighted by Crippen LogP contribution is 2.36. The van der Waals surface area contributed by atoms with Crippen molar-refractivity contribution in [1.29, 1.82) is 0 Å². The molecule has 6 heteroatoms. The summed E-state index contributed by atoms with van der Waals surface area (Å²) >= 11 is 1.45. The Labute approximate surface area is 104 Å². The van der Waals surface area contributed by atoms with Gasteiger partial charge < -0.3 is 20.5 Å². The highest BCUT2D eigenvalue weighted by atomic mass is 32.2. The van der Waals surface area contributed by atoms with Crippen molar-refractivity contribution in [3.8, 4) is 11.5 Å². The number of amides is 1. The summed E-state index contributed by atoms with van der Waals surface area (Å²) in [6, 6.07) is 3.37. The van der Waals surface area contributed by atoms with Gasteiger partial charge in [-0.1, -0.05) is 0 Å². The molecule has 0 aromatic heterocycles. The van der Waals surface area contributed by atoms with Crippen molar-refractivity contribution in [2.24, 2.45) is 0 Å². The molecule has 3 N–H and O–H groups in total. The van der Waals surface area contributed by atoms with E-state index < -0.39 is 0 Å². The Morgan fingerprint density at radius 3 is 2.71 bits per heavy atom. The molecule has 1 aromatic rings. The van der Waals surface area contributed by atoms with Gasteiger partial charge in [0.25, 0.3) is 0 Å². The van der Waals surface area contributed by atoms with Crippen molar-refractivity contribution in [2.45, 2.75) is 0 Å². The summed E-state index contributed by atoms with van der Waals surface area (Å²) in [6.45, 7) is 1.03. The third-order valence-electron chi connectivity index (χ3n) is 2.26. The number of thioether (sulfide) groups is 1. The average Bonchev–Trinajstić information content (AvgIpc) is 2.30. The van der Waals surface area contributed by atoms with E-state index in [1.165, 1.54) is 11.8 Å². The van der Waals surface area contributed by atoms with Gasteiger partial charge in [0.1, 0.15) is 13.2 Å². The minimum Gasteiger partial charge on any atom is -0.486 e. The van der Waals surface area contributed by atoms with Crippen molar-refractivity contribution in [2.75, 3.05) is 36.3 Å². The second kappa shape index (κ2) is 5.18. The molecule has 1 aliphatic heterocycles. The Hall–Kier alpha value is -1.56. The quantitative estimate of drug-likeness (QED) is 0.796. The zero-order chi connectivity index (χ0) is 12.3. The fraction of sp³-hybridized carbons (Fsp3) is 0.364. The van der Waals surface area contributed by atoms with Crippen LogP contribution in [0.4, 0.5) is 11.4 Å². The SMILES string of the molecule is CSCC(=O)Nc1cc2c(cc1N)OCCO2. The zero-order valence-electron chi connectivity index (χ0n) is 9.49. The first-order valence-corrected chi connectivity index (χ1v) is 6.58. The number of carbonyl (C=O) groups is 1. The number of anilines is 2. The average molecular weight is 254 g/mol. The van der Waals surface area contributed by atoms with Gasteiger partial charge >= 0.3 is 0 Å². The lowest BCUT2D eigenvalue weighted by molar-refractivity contribution is -0.113. The molecule has 1 amide bonds. The van der Waals surface area contributed by atoms with E-state index in [0.717, 1.165) is 0 Å². The lowest BCUT2D eigenvalue weighted by atomic mass is 10.2. The Kier molecular flexibility index (Phi) is 3.63. The predicted molar refractivity (Wildman–Crippen MR) is 68.9 cm³/mol. The minimum absolute atomic E-state index is 0.0825. The van der Waals surface area contributed by atoms with Crippen LogP contribution >= 0.6 is 11.8 Å². The third kappa shape index (κ3) is 2.76. The van der Waals surface area contributed by atoms with Crippen molar-refractivity contribution >= 4 is 29.0 Å². The summed E-state index contributed by atoms with van der Waals surface area (Å²) in [6.07, 6.45) is 1.87. The van der Waals surface area contributed by atoms with E-state index >= 15 is 0 Å². The molecule has 5 nitrogen and oxygen atoms in total. The summed E-state index contributed by atoms with van der Waals surface area (Å²) in [7, 11) is 0. The topological polar surface area (TPSA) is 73.6 Å². The number of rotatable bonds is 3.